The number of rotatable bonds is 2. The lowest BCUT2D eigenvalue weighted by Gasteiger charge is -2.43. The van der Waals surface area contributed by atoms with E-state index in [9.17, 15) is 9.59 Å². The smallest absolute Gasteiger partial charge is 0.240 e. The minimum absolute atomic E-state index is 0.0376. The van der Waals surface area contributed by atoms with E-state index >= 15 is 0 Å². The van der Waals surface area contributed by atoms with Crippen LogP contribution in [0.4, 0.5) is 0 Å². The van der Waals surface area contributed by atoms with Crippen molar-refractivity contribution in [3.63, 3.8) is 0 Å². The number of hydrogen-bond acceptors (Lipinski definition) is 4. The van der Waals surface area contributed by atoms with Crippen LogP contribution in [0.5, 0.6) is 0 Å². The molecule has 0 radical (unpaired) electrons. The highest BCUT2D eigenvalue weighted by Crippen LogP contribution is 2.23. The maximum absolute atomic E-state index is 12.4. The van der Waals surface area contributed by atoms with Crippen LogP contribution in [0.1, 0.15) is 33.6 Å². The highest BCUT2D eigenvalue weighted by atomic mass is 16.2. The van der Waals surface area contributed by atoms with Gasteiger partial charge in [-0.1, -0.05) is 20.8 Å². The van der Waals surface area contributed by atoms with Crippen LogP contribution < -0.4 is 5.73 Å². The summed E-state index contributed by atoms with van der Waals surface area (Å²) in [6.07, 6.45) is 1.72. The SMILES string of the molecule is CN1CCN(C2CCN(C(=O)[C@H](N)C(C)(C)C)CC2)C(=O)C1. The van der Waals surface area contributed by atoms with Gasteiger partial charge in [-0.05, 0) is 25.3 Å². The van der Waals surface area contributed by atoms with E-state index in [1.807, 2.05) is 37.6 Å². The van der Waals surface area contributed by atoms with Crippen molar-refractivity contribution < 1.29 is 9.59 Å². The summed E-state index contributed by atoms with van der Waals surface area (Å²) in [6.45, 7) is 9.62. The Morgan fingerprint density at radius 3 is 2.27 bits per heavy atom. The van der Waals surface area contributed by atoms with Gasteiger partial charge < -0.3 is 15.5 Å². The summed E-state index contributed by atoms with van der Waals surface area (Å²) in [5.41, 5.74) is 5.86. The van der Waals surface area contributed by atoms with E-state index < -0.39 is 6.04 Å². The molecule has 22 heavy (non-hydrogen) atoms. The van der Waals surface area contributed by atoms with Crippen LogP contribution in [0.25, 0.3) is 0 Å². The number of likely N-dealkylation sites (N-methyl/N-ethyl adjacent to an activating group) is 1. The first-order valence-corrected chi connectivity index (χ1v) is 8.22. The van der Waals surface area contributed by atoms with E-state index in [1.54, 1.807) is 0 Å². The first-order chi connectivity index (χ1) is 10.2. The third kappa shape index (κ3) is 3.79. The van der Waals surface area contributed by atoms with Crippen molar-refractivity contribution in [2.75, 3.05) is 39.8 Å². The number of likely N-dealkylation sites (tertiary alicyclic amines) is 1. The molecule has 0 unspecified atom stereocenters. The summed E-state index contributed by atoms with van der Waals surface area (Å²) in [4.78, 5) is 30.5. The Morgan fingerprint density at radius 1 is 1.18 bits per heavy atom. The minimum Gasteiger partial charge on any atom is -0.341 e. The second-order valence-electron chi connectivity index (χ2n) is 7.73. The molecule has 6 heteroatoms. The van der Waals surface area contributed by atoms with Crippen molar-refractivity contribution in [2.24, 2.45) is 11.1 Å². The fraction of sp³-hybridized carbons (Fsp3) is 0.875. The molecule has 0 bridgehead atoms. The number of hydrogen-bond donors (Lipinski definition) is 1. The quantitative estimate of drug-likeness (QED) is 0.787. The number of amides is 2. The van der Waals surface area contributed by atoms with Gasteiger partial charge in [0, 0.05) is 32.2 Å². The van der Waals surface area contributed by atoms with E-state index in [1.165, 1.54) is 0 Å². The molecule has 0 saturated carbocycles. The highest BCUT2D eigenvalue weighted by molar-refractivity contribution is 5.82. The Morgan fingerprint density at radius 2 is 1.77 bits per heavy atom. The molecule has 2 N–H and O–H groups in total. The largest absolute Gasteiger partial charge is 0.341 e. The molecule has 2 amide bonds. The first kappa shape index (κ1) is 17.2. The van der Waals surface area contributed by atoms with Crippen molar-refractivity contribution in [3.8, 4) is 0 Å². The predicted molar refractivity (Wildman–Crippen MR) is 86.2 cm³/mol. The molecular weight excluding hydrogens is 280 g/mol. The minimum atomic E-state index is -0.464. The van der Waals surface area contributed by atoms with E-state index in [4.69, 9.17) is 5.73 Å². The molecular formula is C16H30N4O2. The van der Waals surface area contributed by atoms with Gasteiger partial charge in [0.25, 0.3) is 0 Å². The van der Waals surface area contributed by atoms with Crippen molar-refractivity contribution >= 4 is 11.8 Å². The predicted octanol–water partition coefficient (Wildman–Crippen LogP) is 0.125. The third-order valence-electron chi connectivity index (χ3n) is 4.86. The number of carbonyl (C=O) groups excluding carboxylic acids is 2. The van der Waals surface area contributed by atoms with Crippen molar-refractivity contribution in [1.82, 2.24) is 14.7 Å². The topological polar surface area (TPSA) is 69.9 Å². The Kier molecular flexibility index (Phi) is 5.12. The summed E-state index contributed by atoms with van der Waals surface area (Å²) < 4.78 is 0. The fourth-order valence-electron chi connectivity index (χ4n) is 3.16. The molecule has 2 saturated heterocycles. The Labute approximate surface area is 133 Å². The average Bonchev–Trinajstić information content (AvgIpc) is 2.45. The molecule has 0 aliphatic carbocycles. The number of nitrogens with zero attached hydrogens (tertiary/aromatic N) is 3. The maximum Gasteiger partial charge on any atom is 0.240 e. The zero-order valence-electron chi connectivity index (χ0n) is 14.3. The van der Waals surface area contributed by atoms with Crippen LogP contribution in [0.15, 0.2) is 0 Å². The van der Waals surface area contributed by atoms with Crippen LogP contribution in [-0.2, 0) is 9.59 Å². The Hall–Kier alpha value is -1.14. The number of carbonyl (C=O) groups is 2. The average molecular weight is 310 g/mol. The molecule has 6 nitrogen and oxygen atoms in total. The second kappa shape index (κ2) is 6.54. The molecule has 2 aliphatic heterocycles. The van der Waals surface area contributed by atoms with Gasteiger partial charge in [0.2, 0.25) is 11.8 Å². The number of piperidine rings is 1. The normalized spacial score (nSPS) is 23.8. The lowest BCUT2D eigenvalue weighted by atomic mass is 9.86. The maximum atomic E-state index is 12.4. The number of nitrogens with two attached hydrogens (primary N) is 1. The standard InChI is InChI=1S/C16H30N4O2/c1-16(2,3)14(17)15(22)19-7-5-12(6-8-19)20-10-9-18(4)11-13(20)21/h12,14H,5-11,17H2,1-4H3/t14-/m0/s1. The first-order valence-electron chi connectivity index (χ1n) is 8.22. The summed E-state index contributed by atoms with van der Waals surface area (Å²) in [5.74, 6) is 0.251. The van der Waals surface area contributed by atoms with Crippen molar-refractivity contribution in [1.29, 1.82) is 0 Å². The second-order valence-corrected chi connectivity index (χ2v) is 7.73. The summed E-state index contributed by atoms with van der Waals surface area (Å²) >= 11 is 0. The molecule has 0 aromatic carbocycles. The molecule has 2 heterocycles. The zero-order valence-corrected chi connectivity index (χ0v) is 14.3. The Balaban J connectivity index is 1.88. The third-order valence-corrected chi connectivity index (χ3v) is 4.86. The zero-order chi connectivity index (χ0) is 16.5. The summed E-state index contributed by atoms with van der Waals surface area (Å²) in [6, 6.07) is -0.189. The van der Waals surface area contributed by atoms with Gasteiger partial charge in [0.15, 0.2) is 0 Å². The molecule has 126 valence electrons. The van der Waals surface area contributed by atoms with E-state index in [-0.39, 0.29) is 23.3 Å². The summed E-state index contributed by atoms with van der Waals surface area (Å²) in [5, 5.41) is 0. The van der Waals surface area contributed by atoms with Gasteiger partial charge in [-0.25, -0.2) is 0 Å². The van der Waals surface area contributed by atoms with Gasteiger partial charge in [-0.3, -0.25) is 14.5 Å². The van der Waals surface area contributed by atoms with Crippen LogP contribution >= 0.6 is 0 Å². The van der Waals surface area contributed by atoms with Crippen molar-refractivity contribution in [3.05, 3.63) is 0 Å². The van der Waals surface area contributed by atoms with Gasteiger partial charge in [0.05, 0.1) is 12.6 Å². The lowest BCUT2D eigenvalue weighted by molar-refractivity contribution is -0.141. The van der Waals surface area contributed by atoms with Crippen LogP contribution in [0, 0.1) is 5.41 Å². The molecule has 2 rings (SSSR count). The molecule has 1 atom stereocenters. The Bertz CT molecular complexity index is 424. The van der Waals surface area contributed by atoms with Crippen LogP contribution in [0.2, 0.25) is 0 Å². The molecule has 0 aromatic rings. The van der Waals surface area contributed by atoms with Crippen LogP contribution in [-0.4, -0.2) is 78.4 Å². The van der Waals surface area contributed by atoms with Gasteiger partial charge in [-0.15, -0.1) is 0 Å². The van der Waals surface area contributed by atoms with Gasteiger partial charge in [-0.2, -0.15) is 0 Å². The van der Waals surface area contributed by atoms with E-state index in [0.29, 0.717) is 19.6 Å². The van der Waals surface area contributed by atoms with E-state index in [0.717, 1.165) is 25.9 Å². The van der Waals surface area contributed by atoms with Gasteiger partial charge in [0.1, 0.15) is 0 Å². The summed E-state index contributed by atoms with van der Waals surface area (Å²) in [7, 11) is 1.98. The fourth-order valence-corrected chi connectivity index (χ4v) is 3.16. The molecule has 0 aromatic heterocycles. The van der Waals surface area contributed by atoms with Gasteiger partial charge >= 0.3 is 0 Å². The highest BCUT2D eigenvalue weighted by Gasteiger charge is 2.35. The van der Waals surface area contributed by atoms with Crippen molar-refractivity contribution in [2.45, 2.75) is 45.7 Å². The lowest BCUT2D eigenvalue weighted by Crippen LogP contribution is -2.57. The molecule has 0 spiro atoms. The number of piperazine rings is 1. The molecule has 2 fully saturated rings. The van der Waals surface area contributed by atoms with E-state index in [2.05, 4.69) is 4.90 Å². The molecule has 2 aliphatic rings. The monoisotopic (exact) mass is 310 g/mol. The van der Waals surface area contributed by atoms with Crippen LogP contribution in [0.3, 0.4) is 0 Å².